The van der Waals surface area contributed by atoms with Crippen LogP contribution in [-0.4, -0.2) is 21.5 Å². The van der Waals surface area contributed by atoms with Gasteiger partial charge in [-0.05, 0) is 60.0 Å². The lowest BCUT2D eigenvalue weighted by atomic mass is 10.0. The van der Waals surface area contributed by atoms with Crippen molar-refractivity contribution >= 4 is 27.0 Å². The van der Waals surface area contributed by atoms with Gasteiger partial charge in [-0.1, -0.05) is 60.2 Å². The fourth-order valence-corrected chi connectivity index (χ4v) is 5.40. The van der Waals surface area contributed by atoms with Crippen LogP contribution < -0.4 is 19.8 Å². The molecular formula is C31H25NO7S. The maximum Gasteiger partial charge on any atom is 0.336 e. The summed E-state index contributed by atoms with van der Waals surface area (Å²) in [5, 5.41) is 0.629. The Kier molecular flexibility index (Phi) is 7.50. The van der Waals surface area contributed by atoms with E-state index in [4.69, 9.17) is 13.9 Å². The Morgan fingerprint density at radius 1 is 0.850 bits per heavy atom. The molecule has 0 radical (unpaired) electrons. The summed E-state index contributed by atoms with van der Waals surface area (Å²) in [6, 6.07) is 26.6. The van der Waals surface area contributed by atoms with Gasteiger partial charge in [0.05, 0.1) is 12.0 Å². The average Bonchev–Trinajstić information content (AvgIpc) is 2.96. The van der Waals surface area contributed by atoms with Gasteiger partial charge in [0.1, 0.15) is 23.1 Å². The number of methoxy groups -OCH3 is 1. The average molecular weight is 556 g/mol. The second-order valence-electron chi connectivity index (χ2n) is 9.06. The molecule has 0 aliphatic rings. The van der Waals surface area contributed by atoms with Crippen LogP contribution in [0.5, 0.6) is 11.5 Å². The van der Waals surface area contributed by atoms with Crippen molar-refractivity contribution in [3.8, 4) is 22.6 Å². The number of carbonyl (C=O) groups excluding carboxylic acids is 1. The molecule has 0 aliphatic carbocycles. The van der Waals surface area contributed by atoms with Gasteiger partial charge in [0.25, 0.3) is 0 Å². The van der Waals surface area contributed by atoms with Crippen LogP contribution >= 0.6 is 0 Å². The third-order valence-electron chi connectivity index (χ3n) is 6.31. The van der Waals surface area contributed by atoms with Crippen LogP contribution in [0.2, 0.25) is 0 Å². The van der Waals surface area contributed by atoms with Crippen molar-refractivity contribution < 1.29 is 27.1 Å². The van der Waals surface area contributed by atoms with Crippen LogP contribution in [0.4, 0.5) is 0 Å². The van der Waals surface area contributed by atoms with E-state index in [-0.39, 0.29) is 16.2 Å². The van der Waals surface area contributed by atoms with Gasteiger partial charge in [-0.3, -0.25) is 0 Å². The van der Waals surface area contributed by atoms with Gasteiger partial charge < -0.3 is 13.9 Å². The number of hydrogen-bond donors (Lipinski definition) is 1. The van der Waals surface area contributed by atoms with Crippen LogP contribution in [0.1, 0.15) is 17.2 Å². The Bertz CT molecular complexity index is 1830. The molecule has 0 spiro atoms. The van der Waals surface area contributed by atoms with Gasteiger partial charge in [0.2, 0.25) is 10.0 Å². The zero-order valence-corrected chi connectivity index (χ0v) is 22.5. The number of nitrogens with one attached hydrogen (secondary N) is 1. The molecular weight excluding hydrogens is 530 g/mol. The highest BCUT2D eigenvalue weighted by molar-refractivity contribution is 7.89. The van der Waals surface area contributed by atoms with E-state index in [1.54, 1.807) is 73.8 Å². The smallest absolute Gasteiger partial charge is 0.336 e. The minimum absolute atomic E-state index is 0.0189. The molecule has 40 heavy (non-hydrogen) atoms. The van der Waals surface area contributed by atoms with Crippen molar-refractivity contribution in [2.24, 2.45) is 0 Å². The molecule has 1 atom stereocenters. The molecule has 0 aliphatic heterocycles. The van der Waals surface area contributed by atoms with Gasteiger partial charge >= 0.3 is 11.6 Å². The third-order valence-corrected chi connectivity index (χ3v) is 7.75. The lowest BCUT2D eigenvalue weighted by Gasteiger charge is -2.18. The first-order valence-corrected chi connectivity index (χ1v) is 13.8. The third kappa shape index (κ3) is 5.80. The predicted octanol–water partition coefficient (Wildman–Crippen LogP) is 5.40. The van der Waals surface area contributed by atoms with Gasteiger partial charge in [0, 0.05) is 17.5 Å². The monoisotopic (exact) mass is 555 g/mol. The molecule has 1 aromatic heterocycles. The van der Waals surface area contributed by atoms with Crippen molar-refractivity contribution in [2.45, 2.75) is 17.9 Å². The maximum absolute atomic E-state index is 13.4. The summed E-state index contributed by atoms with van der Waals surface area (Å²) in [6.07, 6.45) is 0. The van der Waals surface area contributed by atoms with Crippen molar-refractivity contribution in [3.05, 3.63) is 125 Å². The number of rotatable bonds is 8. The standard InChI is InChI=1S/C31H25NO7S/c1-20-8-15-25(16-9-20)40(35,36)32-30(22-6-4-3-5-7-22)31(34)38-24-14-17-26-27(19-29(33)39-28(26)18-24)21-10-12-23(37-2)13-11-21/h3-19,30,32H,1-2H3/t30-/m1/s1. The molecule has 0 bridgehead atoms. The van der Waals surface area contributed by atoms with Crippen LogP contribution in [-0.2, 0) is 14.8 Å². The molecule has 0 fully saturated rings. The summed E-state index contributed by atoms with van der Waals surface area (Å²) in [5.41, 5.74) is 2.35. The summed E-state index contributed by atoms with van der Waals surface area (Å²) in [7, 11) is -2.49. The first-order valence-electron chi connectivity index (χ1n) is 12.3. The summed E-state index contributed by atoms with van der Waals surface area (Å²) in [5.74, 6) is -0.0888. The SMILES string of the molecule is COc1ccc(-c2cc(=O)oc3cc(OC(=O)[C@H](NS(=O)(=O)c4ccc(C)cc4)c4ccccc4)ccc23)cc1. The predicted molar refractivity (Wildman–Crippen MR) is 151 cm³/mol. The summed E-state index contributed by atoms with van der Waals surface area (Å²) in [4.78, 5) is 25.8. The number of sulfonamides is 1. The minimum Gasteiger partial charge on any atom is -0.497 e. The van der Waals surface area contributed by atoms with Crippen molar-refractivity contribution in [1.82, 2.24) is 4.72 Å². The van der Waals surface area contributed by atoms with E-state index in [0.29, 0.717) is 22.3 Å². The van der Waals surface area contributed by atoms with E-state index < -0.39 is 27.7 Å². The van der Waals surface area contributed by atoms with Crippen LogP contribution in [0.3, 0.4) is 0 Å². The van der Waals surface area contributed by atoms with E-state index in [2.05, 4.69) is 4.72 Å². The molecule has 8 nitrogen and oxygen atoms in total. The van der Waals surface area contributed by atoms with E-state index >= 15 is 0 Å². The van der Waals surface area contributed by atoms with E-state index in [0.717, 1.165) is 11.1 Å². The molecule has 4 aromatic carbocycles. The van der Waals surface area contributed by atoms with Gasteiger partial charge in [0.15, 0.2) is 0 Å². The van der Waals surface area contributed by atoms with Gasteiger partial charge in [-0.15, -0.1) is 0 Å². The summed E-state index contributed by atoms with van der Waals surface area (Å²) >= 11 is 0. The Balaban J connectivity index is 1.47. The summed E-state index contributed by atoms with van der Waals surface area (Å²) in [6.45, 7) is 1.85. The molecule has 5 aromatic rings. The Morgan fingerprint density at radius 3 is 2.20 bits per heavy atom. The zero-order valence-electron chi connectivity index (χ0n) is 21.7. The Labute approximate surface area is 230 Å². The fourth-order valence-electron chi connectivity index (χ4n) is 4.23. The second kappa shape index (κ2) is 11.2. The number of esters is 1. The quantitative estimate of drug-likeness (QED) is 0.155. The number of aryl methyl sites for hydroxylation is 1. The van der Waals surface area contributed by atoms with Crippen LogP contribution in [0.15, 0.2) is 117 Å². The maximum atomic E-state index is 13.4. The zero-order chi connectivity index (χ0) is 28.3. The topological polar surface area (TPSA) is 112 Å². The number of fused-ring (bicyclic) bond motifs is 1. The molecule has 5 rings (SSSR count). The number of hydrogen-bond acceptors (Lipinski definition) is 7. The first-order chi connectivity index (χ1) is 19.2. The highest BCUT2D eigenvalue weighted by Crippen LogP contribution is 2.31. The fraction of sp³-hybridized carbons (Fsp3) is 0.0968. The van der Waals surface area contributed by atoms with E-state index in [1.807, 2.05) is 19.1 Å². The van der Waals surface area contributed by atoms with Crippen molar-refractivity contribution in [1.29, 1.82) is 0 Å². The van der Waals surface area contributed by atoms with Crippen LogP contribution in [0.25, 0.3) is 22.1 Å². The Morgan fingerprint density at radius 2 is 1.52 bits per heavy atom. The lowest BCUT2D eigenvalue weighted by molar-refractivity contribution is -0.136. The summed E-state index contributed by atoms with van der Waals surface area (Å²) < 4.78 is 45.0. The molecule has 0 saturated carbocycles. The van der Waals surface area contributed by atoms with Crippen molar-refractivity contribution in [3.63, 3.8) is 0 Å². The van der Waals surface area contributed by atoms with E-state index in [1.165, 1.54) is 24.3 Å². The molecule has 0 unspecified atom stereocenters. The number of ether oxygens (including phenoxy) is 2. The normalized spacial score (nSPS) is 12.2. The van der Waals surface area contributed by atoms with E-state index in [9.17, 15) is 18.0 Å². The number of benzene rings is 4. The highest BCUT2D eigenvalue weighted by Gasteiger charge is 2.29. The second-order valence-corrected chi connectivity index (χ2v) is 10.8. The van der Waals surface area contributed by atoms with Gasteiger partial charge in [-0.2, -0.15) is 4.72 Å². The molecule has 202 valence electrons. The van der Waals surface area contributed by atoms with Crippen LogP contribution in [0, 0.1) is 6.92 Å². The molecule has 1 N–H and O–H groups in total. The highest BCUT2D eigenvalue weighted by atomic mass is 32.2. The first kappa shape index (κ1) is 26.9. The van der Waals surface area contributed by atoms with Gasteiger partial charge in [-0.25, -0.2) is 18.0 Å². The Hall–Kier alpha value is -4.73. The molecule has 0 saturated heterocycles. The van der Waals surface area contributed by atoms with Crippen molar-refractivity contribution in [2.75, 3.05) is 7.11 Å². The molecule has 9 heteroatoms. The minimum atomic E-state index is -4.06. The largest absolute Gasteiger partial charge is 0.497 e. The molecule has 0 amide bonds. The number of carbonyl (C=O) groups is 1. The molecule has 1 heterocycles. The lowest BCUT2D eigenvalue weighted by Crippen LogP contribution is -2.36.